The van der Waals surface area contributed by atoms with Crippen LogP contribution in [0.1, 0.15) is 11.1 Å². The number of urea groups is 1. The van der Waals surface area contributed by atoms with Crippen molar-refractivity contribution in [3.63, 3.8) is 0 Å². The van der Waals surface area contributed by atoms with Crippen LogP contribution >= 0.6 is 39.1 Å². The number of hydrogen-bond acceptors (Lipinski definition) is 3. The van der Waals surface area contributed by atoms with Crippen LogP contribution in [0.4, 0.5) is 4.79 Å². The minimum atomic E-state index is -0.744. The Bertz CT molecular complexity index is 753. The molecule has 2 aromatic rings. The Balaban J connectivity index is 2.15. The van der Waals surface area contributed by atoms with Gasteiger partial charge in [0, 0.05) is 25.6 Å². The Morgan fingerprint density at radius 1 is 1.30 bits per heavy atom. The molecule has 0 spiro atoms. The Kier molecular flexibility index (Phi) is 6.27. The summed E-state index contributed by atoms with van der Waals surface area (Å²) in [4.78, 5) is 10.6. The number of nitrogens with zero attached hydrogens (tertiary/aromatic N) is 1. The maximum absolute atomic E-state index is 10.6. The van der Waals surface area contributed by atoms with Gasteiger partial charge in [-0.3, -0.25) is 0 Å². The second-order valence-electron chi connectivity index (χ2n) is 4.44. The molecular formula is C15H12BrCl2N3O2. The first-order valence-corrected chi connectivity index (χ1v) is 7.95. The third-order valence-electron chi connectivity index (χ3n) is 2.75. The van der Waals surface area contributed by atoms with Crippen molar-refractivity contribution < 1.29 is 9.53 Å². The lowest BCUT2D eigenvalue weighted by Crippen LogP contribution is -2.24. The van der Waals surface area contributed by atoms with E-state index < -0.39 is 6.03 Å². The zero-order chi connectivity index (χ0) is 16.8. The smallest absolute Gasteiger partial charge is 0.332 e. The van der Waals surface area contributed by atoms with Crippen molar-refractivity contribution in [2.45, 2.75) is 6.61 Å². The summed E-state index contributed by atoms with van der Waals surface area (Å²) in [6.07, 6.45) is 1.44. The predicted octanol–water partition coefficient (Wildman–Crippen LogP) is 4.34. The molecule has 0 atom stereocenters. The van der Waals surface area contributed by atoms with Crippen molar-refractivity contribution in [1.82, 2.24) is 5.43 Å². The second kappa shape index (κ2) is 8.19. The van der Waals surface area contributed by atoms with Gasteiger partial charge in [0.15, 0.2) is 0 Å². The van der Waals surface area contributed by atoms with E-state index >= 15 is 0 Å². The number of amides is 2. The van der Waals surface area contributed by atoms with E-state index in [4.69, 9.17) is 33.7 Å². The molecule has 5 nitrogen and oxygen atoms in total. The van der Waals surface area contributed by atoms with Gasteiger partial charge in [-0.25, -0.2) is 10.2 Å². The van der Waals surface area contributed by atoms with Crippen molar-refractivity contribution in [3.05, 3.63) is 62.0 Å². The predicted molar refractivity (Wildman–Crippen MR) is 95.2 cm³/mol. The summed E-state index contributed by atoms with van der Waals surface area (Å²) in [6.45, 7) is 0.266. The number of benzene rings is 2. The van der Waals surface area contributed by atoms with Crippen molar-refractivity contribution in [2.24, 2.45) is 10.8 Å². The summed E-state index contributed by atoms with van der Waals surface area (Å²) in [6, 6.07) is 9.86. The largest absolute Gasteiger partial charge is 0.488 e. The van der Waals surface area contributed by atoms with Crippen LogP contribution in [0.5, 0.6) is 5.75 Å². The van der Waals surface area contributed by atoms with E-state index in [9.17, 15) is 4.79 Å². The summed E-state index contributed by atoms with van der Waals surface area (Å²) >= 11 is 15.4. The number of nitrogens with one attached hydrogen (secondary N) is 1. The van der Waals surface area contributed by atoms with Crippen molar-refractivity contribution >= 4 is 51.4 Å². The van der Waals surface area contributed by atoms with Crippen LogP contribution < -0.4 is 15.9 Å². The SMILES string of the molecule is NC(=O)NN=Cc1cc(Br)ccc1OCc1ccc(Cl)cc1Cl. The second-order valence-corrected chi connectivity index (χ2v) is 6.20. The maximum atomic E-state index is 10.6. The number of primary amides is 1. The topological polar surface area (TPSA) is 76.7 Å². The fourth-order valence-corrected chi connectivity index (χ4v) is 2.55. The van der Waals surface area contributed by atoms with Crippen molar-refractivity contribution in [3.8, 4) is 5.75 Å². The molecule has 0 aliphatic rings. The molecule has 3 N–H and O–H groups in total. The Morgan fingerprint density at radius 2 is 2.09 bits per heavy atom. The highest BCUT2D eigenvalue weighted by molar-refractivity contribution is 9.10. The fourth-order valence-electron chi connectivity index (χ4n) is 1.71. The molecule has 0 bridgehead atoms. The number of hydrogen-bond donors (Lipinski definition) is 2. The van der Waals surface area contributed by atoms with E-state index in [1.807, 2.05) is 6.07 Å². The van der Waals surface area contributed by atoms with E-state index in [1.165, 1.54) is 6.21 Å². The van der Waals surface area contributed by atoms with Gasteiger partial charge in [-0.1, -0.05) is 45.2 Å². The molecule has 0 saturated carbocycles. The first-order chi connectivity index (χ1) is 11.0. The van der Waals surface area contributed by atoms with Gasteiger partial charge in [-0.15, -0.1) is 0 Å². The third-order valence-corrected chi connectivity index (χ3v) is 3.83. The molecule has 0 aliphatic heterocycles. The van der Waals surface area contributed by atoms with E-state index in [0.717, 1.165) is 10.0 Å². The summed E-state index contributed by atoms with van der Waals surface area (Å²) < 4.78 is 6.62. The quantitative estimate of drug-likeness (QED) is 0.561. The number of carbonyl (C=O) groups excluding carboxylic acids is 1. The fraction of sp³-hybridized carbons (Fsp3) is 0.0667. The molecule has 2 amide bonds. The summed E-state index contributed by atoms with van der Waals surface area (Å²) in [5.41, 5.74) is 8.56. The van der Waals surface area contributed by atoms with E-state index in [0.29, 0.717) is 21.4 Å². The molecule has 0 radical (unpaired) electrons. The zero-order valence-electron chi connectivity index (χ0n) is 11.7. The standard InChI is InChI=1S/C15H12BrCl2N3O2/c16-11-2-4-14(10(5-11)7-20-21-15(19)22)23-8-9-1-3-12(17)6-13(9)18/h1-7H,8H2,(H3,19,21,22). The molecule has 0 unspecified atom stereocenters. The molecular weight excluding hydrogens is 405 g/mol. The monoisotopic (exact) mass is 415 g/mol. The van der Waals surface area contributed by atoms with Gasteiger partial charge in [0.25, 0.3) is 0 Å². The Labute approximate surface area is 151 Å². The molecule has 0 fully saturated rings. The summed E-state index contributed by atoms with van der Waals surface area (Å²) in [5.74, 6) is 0.578. The third kappa shape index (κ3) is 5.42. The van der Waals surface area contributed by atoms with Gasteiger partial charge >= 0.3 is 6.03 Å². The van der Waals surface area contributed by atoms with Crippen LogP contribution in [0, 0.1) is 0 Å². The summed E-state index contributed by atoms with van der Waals surface area (Å²) in [5, 5.41) is 4.82. The van der Waals surface area contributed by atoms with Gasteiger partial charge < -0.3 is 10.5 Å². The summed E-state index contributed by atoms with van der Waals surface area (Å²) in [7, 11) is 0. The highest BCUT2D eigenvalue weighted by Crippen LogP contribution is 2.25. The van der Waals surface area contributed by atoms with Gasteiger partial charge in [0.2, 0.25) is 0 Å². The number of ether oxygens (including phenoxy) is 1. The molecule has 0 aromatic heterocycles. The van der Waals surface area contributed by atoms with Crippen LogP contribution in [0.2, 0.25) is 10.0 Å². The van der Waals surface area contributed by atoms with Crippen LogP contribution in [0.25, 0.3) is 0 Å². The molecule has 120 valence electrons. The van der Waals surface area contributed by atoms with Crippen LogP contribution in [0.3, 0.4) is 0 Å². The van der Waals surface area contributed by atoms with Crippen molar-refractivity contribution in [1.29, 1.82) is 0 Å². The molecule has 0 saturated heterocycles. The molecule has 0 aliphatic carbocycles. The first-order valence-electron chi connectivity index (χ1n) is 6.40. The zero-order valence-corrected chi connectivity index (χ0v) is 14.8. The average molecular weight is 417 g/mol. The van der Waals surface area contributed by atoms with Crippen molar-refractivity contribution in [2.75, 3.05) is 0 Å². The van der Waals surface area contributed by atoms with Gasteiger partial charge in [-0.05, 0) is 30.3 Å². The lowest BCUT2D eigenvalue weighted by molar-refractivity contribution is 0.249. The minimum absolute atomic E-state index is 0.266. The lowest BCUT2D eigenvalue weighted by Gasteiger charge is -2.11. The number of hydrazone groups is 1. The number of rotatable bonds is 5. The number of carbonyl (C=O) groups is 1. The molecule has 8 heteroatoms. The van der Waals surface area contributed by atoms with E-state index in [-0.39, 0.29) is 6.61 Å². The molecule has 2 aromatic carbocycles. The van der Waals surface area contributed by atoms with Gasteiger partial charge in [-0.2, -0.15) is 5.10 Å². The van der Waals surface area contributed by atoms with E-state index in [1.54, 1.807) is 30.3 Å². The van der Waals surface area contributed by atoms with Gasteiger partial charge in [0.1, 0.15) is 12.4 Å². The molecule has 2 rings (SSSR count). The Hall–Kier alpha value is -1.76. The van der Waals surface area contributed by atoms with Crippen LogP contribution in [-0.4, -0.2) is 12.2 Å². The van der Waals surface area contributed by atoms with Crippen LogP contribution in [-0.2, 0) is 6.61 Å². The minimum Gasteiger partial charge on any atom is -0.488 e. The molecule has 0 heterocycles. The van der Waals surface area contributed by atoms with Crippen LogP contribution in [0.15, 0.2) is 46.0 Å². The Morgan fingerprint density at radius 3 is 2.78 bits per heavy atom. The average Bonchev–Trinajstić information content (AvgIpc) is 2.47. The highest BCUT2D eigenvalue weighted by Gasteiger charge is 2.06. The lowest BCUT2D eigenvalue weighted by atomic mass is 10.2. The first kappa shape index (κ1) is 17.6. The highest BCUT2D eigenvalue weighted by atomic mass is 79.9. The van der Waals surface area contributed by atoms with E-state index in [2.05, 4.69) is 26.5 Å². The maximum Gasteiger partial charge on any atom is 0.332 e. The normalized spacial score (nSPS) is 10.7. The van der Waals surface area contributed by atoms with Gasteiger partial charge in [0.05, 0.1) is 6.21 Å². The number of nitrogens with two attached hydrogens (primary N) is 1. The number of halogens is 3. The molecule has 23 heavy (non-hydrogen) atoms.